The van der Waals surface area contributed by atoms with E-state index in [4.69, 9.17) is 5.84 Å². The molecule has 0 radical (unpaired) electrons. The average Bonchev–Trinajstić information content (AvgIpc) is 3.02. The quantitative estimate of drug-likeness (QED) is 0.537. The van der Waals surface area contributed by atoms with Gasteiger partial charge >= 0.3 is 0 Å². The number of anilines is 2. The van der Waals surface area contributed by atoms with Gasteiger partial charge in [0.05, 0.1) is 0 Å². The first-order valence-electron chi connectivity index (χ1n) is 7.53. The van der Waals surface area contributed by atoms with E-state index in [1.165, 1.54) is 6.33 Å². The first-order valence-corrected chi connectivity index (χ1v) is 7.53. The van der Waals surface area contributed by atoms with Gasteiger partial charge in [0.25, 0.3) is 0 Å². The van der Waals surface area contributed by atoms with Crippen molar-refractivity contribution in [3.63, 3.8) is 0 Å². The molecule has 0 aliphatic carbocycles. The highest BCUT2D eigenvalue weighted by atomic mass is 16.2. The summed E-state index contributed by atoms with van der Waals surface area (Å²) in [5.41, 5.74) is 3.51. The van der Waals surface area contributed by atoms with Crippen molar-refractivity contribution in [2.75, 3.05) is 23.8 Å². The molecule has 0 bridgehead atoms. The summed E-state index contributed by atoms with van der Waals surface area (Å²) in [5, 5.41) is 3.21. The molecule has 1 aliphatic rings. The fourth-order valence-electron chi connectivity index (χ4n) is 2.63. The minimum absolute atomic E-state index is 0.121. The van der Waals surface area contributed by atoms with Gasteiger partial charge in [-0.1, -0.05) is 13.3 Å². The number of nitrogen functional groups attached to an aromatic ring is 1. The topological polar surface area (TPSA) is 96.2 Å². The molecule has 21 heavy (non-hydrogen) atoms. The lowest BCUT2D eigenvalue weighted by atomic mass is 10.1. The van der Waals surface area contributed by atoms with Crippen LogP contribution in [-0.2, 0) is 11.2 Å². The van der Waals surface area contributed by atoms with Crippen molar-refractivity contribution in [1.82, 2.24) is 14.9 Å². The number of amides is 1. The summed E-state index contributed by atoms with van der Waals surface area (Å²) in [6.45, 7) is 5.65. The average molecular weight is 292 g/mol. The minimum atomic E-state index is -0.306. The van der Waals surface area contributed by atoms with Crippen LogP contribution in [0.4, 0.5) is 11.6 Å². The van der Waals surface area contributed by atoms with Crippen LogP contribution in [0.2, 0.25) is 0 Å². The Kier molecular flexibility index (Phi) is 5.32. The fourth-order valence-corrected chi connectivity index (χ4v) is 2.63. The highest BCUT2D eigenvalue weighted by Gasteiger charge is 2.24. The summed E-state index contributed by atoms with van der Waals surface area (Å²) < 4.78 is 0. The zero-order chi connectivity index (χ0) is 15.2. The lowest BCUT2D eigenvalue weighted by Gasteiger charge is -2.22. The second kappa shape index (κ2) is 7.21. The third-order valence-corrected chi connectivity index (χ3v) is 3.72. The van der Waals surface area contributed by atoms with E-state index in [-0.39, 0.29) is 11.9 Å². The molecule has 0 saturated carbocycles. The Balaban J connectivity index is 2.12. The van der Waals surface area contributed by atoms with Crippen LogP contribution in [0.3, 0.4) is 0 Å². The molecule has 1 aliphatic heterocycles. The molecule has 1 saturated heterocycles. The van der Waals surface area contributed by atoms with Crippen LogP contribution in [-0.4, -0.2) is 39.9 Å². The summed E-state index contributed by atoms with van der Waals surface area (Å²) in [4.78, 5) is 22.6. The predicted molar refractivity (Wildman–Crippen MR) is 82.7 cm³/mol. The number of hydrogen-bond donors (Lipinski definition) is 3. The van der Waals surface area contributed by atoms with Gasteiger partial charge in [-0.3, -0.25) is 4.79 Å². The first kappa shape index (κ1) is 15.5. The van der Waals surface area contributed by atoms with Crippen LogP contribution in [0.15, 0.2) is 6.33 Å². The summed E-state index contributed by atoms with van der Waals surface area (Å²) >= 11 is 0. The molecule has 1 aromatic rings. The third kappa shape index (κ3) is 3.60. The maximum atomic E-state index is 12.4. The molecule has 2 heterocycles. The van der Waals surface area contributed by atoms with E-state index < -0.39 is 0 Å². The van der Waals surface area contributed by atoms with Crippen molar-refractivity contribution in [1.29, 1.82) is 0 Å². The first-order chi connectivity index (χ1) is 10.2. The molecule has 1 amide bonds. The van der Waals surface area contributed by atoms with Gasteiger partial charge in [-0.25, -0.2) is 15.8 Å². The summed E-state index contributed by atoms with van der Waals surface area (Å²) in [5.74, 6) is 6.90. The number of carbonyl (C=O) groups excluding carboxylic acids is 1. The largest absolute Gasteiger partial charge is 0.358 e. The highest BCUT2D eigenvalue weighted by Crippen LogP contribution is 2.22. The van der Waals surface area contributed by atoms with E-state index in [1.807, 2.05) is 11.8 Å². The Morgan fingerprint density at radius 1 is 1.38 bits per heavy atom. The van der Waals surface area contributed by atoms with Crippen LogP contribution in [0.1, 0.15) is 38.7 Å². The van der Waals surface area contributed by atoms with E-state index in [9.17, 15) is 4.79 Å². The van der Waals surface area contributed by atoms with E-state index in [2.05, 4.69) is 27.6 Å². The Bertz CT molecular complexity index is 486. The zero-order valence-electron chi connectivity index (χ0n) is 12.7. The standard InChI is InChI=1S/C14H24N6O/c1-3-6-11-12(16-9-17-13(11)19-15)18-10(2)14(21)20-7-4-5-8-20/h9-10H,3-8,15H2,1-2H3,(H2,16,17,18,19). The van der Waals surface area contributed by atoms with Crippen molar-refractivity contribution >= 4 is 17.5 Å². The molecule has 1 aromatic heterocycles. The van der Waals surface area contributed by atoms with Crippen LogP contribution >= 0.6 is 0 Å². The monoisotopic (exact) mass is 292 g/mol. The lowest BCUT2D eigenvalue weighted by molar-refractivity contribution is -0.130. The van der Waals surface area contributed by atoms with E-state index in [0.717, 1.165) is 44.3 Å². The molecule has 1 unspecified atom stereocenters. The van der Waals surface area contributed by atoms with Gasteiger partial charge in [0.2, 0.25) is 5.91 Å². The molecule has 116 valence electrons. The summed E-state index contributed by atoms with van der Waals surface area (Å²) in [6, 6.07) is -0.306. The minimum Gasteiger partial charge on any atom is -0.358 e. The number of carbonyl (C=O) groups is 1. The van der Waals surface area contributed by atoms with Crippen molar-refractivity contribution in [2.24, 2.45) is 5.84 Å². The molecular formula is C14H24N6O. The highest BCUT2D eigenvalue weighted by molar-refractivity contribution is 5.84. The molecule has 7 heteroatoms. The number of nitrogens with zero attached hydrogens (tertiary/aromatic N) is 3. The number of nitrogens with two attached hydrogens (primary N) is 1. The molecular weight excluding hydrogens is 268 g/mol. The van der Waals surface area contributed by atoms with Crippen LogP contribution < -0.4 is 16.6 Å². The van der Waals surface area contributed by atoms with Gasteiger partial charge < -0.3 is 15.6 Å². The van der Waals surface area contributed by atoms with Crippen LogP contribution in [0, 0.1) is 0 Å². The van der Waals surface area contributed by atoms with Crippen molar-refractivity contribution in [3.8, 4) is 0 Å². The van der Waals surface area contributed by atoms with Gasteiger partial charge in [-0.2, -0.15) is 0 Å². The molecule has 0 spiro atoms. The van der Waals surface area contributed by atoms with Gasteiger partial charge in [0.1, 0.15) is 24.0 Å². The SMILES string of the molecule is CCCc1c(NN)ncnc1NC(C)C(=O)N1CCCC1. The van der Waals surface area contributed by atoms with E-state index in [1.54, 1.807) is 0 Å². The fraction of sp³-hybridized carbons (Fsp3) is 0.643. The third-order valence-electron chi connectivity index (χ3n) is 3.72. The summed E-state index contributed by atoms with van der Waals surface area (Å²) in [6.07, 6.45) is 5.38. The molecule has 1 atom stereocenters. The molecule has 4 N–H and O–H groups in total. The van der Waals surface area contributed by atoms with Gasteiger partial charge in [-0.15, -0.1) is 0 Å². The Hall–Kier alpha value is -1.89. The molecule has 0 aromatic carbocycles. The van der Waals surface area contributed by atoms with E-state index >= 15 is 0 Å². The van der Waals surface area contributed by atoms with Crippen LogP contribution in [0.25, 0.3) is 0 Å². The molecule has 2 rings (SSSR count). The number of hydrogen-bond acceptors (Lipinski definition) is 6. The Morgan fingerprint density at radius 3 is 2.67 bits per heavy atom. The molecule has 1 fully saturated rings. The Morgan fingerprint density at radius 2 is 2.05 bits per heavy atom. The van der Waals surface area contributed by atoms with Gasteiger partial charge in [0, 0.05) is 18.7 Å². The number of nitrogens with one attached hydrogen (secondary N) is 2. The molecule has 7 nitrogen and oxygen atoms in total. The normalized spacial score (nSPS) is 15.9. The lowest BCUT2D eigenvalue weighted by Crippen LogP contribution is -2.40. The predicted octanol–water partition coefficient (Wildman–Crippen LogP) is 1.14. The smallest absolute Gasteiger partial charge is 0.244 e. The van der Waals surface area contributed by atoms with Crippen molar-refractivity contribution in [2.45, 2.75) is 45.6 Å². The number of rotatable bonds is 6. The van der Waals surface area contributed by atoms with Crippen molar-refractivity contribution < 1.29 is 4.79 Å². The van der Waals surface area contributed by atoms with E-state index in [0.29, 0.717) is 11.6 Å². The second-order valence-electron chi connectivity index (χ2n) is 5.34. The number of likely N-dealkylation sites (tertiary alicyclic amines) is 1. The van der Waals surface area contributed by atoms with Gasteiger partial charge in [-0.05, 0) is 26.2 Å². The van der Waals surface area contributed by atoms with Crippen molar-refractivity contribution in [3.05, 3.63) is 11.9 Å². The Labute approximate surface area is 125 Å². The summed E-state index contributed by atoms with van der Waals surface area (Å²) in [7, 11) is 0. The number of aromatic nitrogens is 2. The van der Waals surface area contributed by atoms with Gasteiger partial charge in [0.15, 0.2) is 0 Å². The maximum Gasteiger partial charge on any atom is 0.244 e. The van der Waals surface area contributed by atoms with Crippen LogP contribution in [0.5, 0.6) is 0 Å². The maximum absolute atomic E-state index is 12.4. The second-order valence-corrected chi connectivity index (χ2v) is 5.34. The zero-order valence-corrected chi connectivity index (χ0v) is 12.7. The number of hydrazine groups is 1.